The summed E-state index contributed by atoms with van der Waals surface area (Å²) in [6.45, 7) is 10.4. The summed E-state index contributed by atoms with van der Waals surface area (Å²) in [5.74, 6) is 0. The van der Waals surface area contributed by atoms with Crippen LogP contribution < -0.4 is 15.1 Å². The molecule has 4 nitrogen and oxygen atoms in total. The van der Waals surface area contributed by atoms with Crippen molar-refractivity contribution in [2.45, 2.75) is 32.4 Å². The van der Waals surface area contributed by atoms with Gasteiger partial charge in [-0.2, -0.15) is 0 Å². The predicted molar refractivity (Wildman–Crippen MR) is 88.4 cm³/mol. The van der Waals surface area contributed by atoms with Crippen LogP contribution in [0.25, 0.3) is 0 Å². The molecule has 4 heteroatoms. The Labute approximate surface area is 128 Å². The Morgan fingerprint density at radius 3 is 2.48 bits per heavy atom. The molecule has 1 aromatic rings. The van der Waals surface area contributed by atoms with Crippen molar-refractivity contribution in [1.29, 1.82) is 0 Å². The number of hydrogen-bond donors (Lipinski definition) is 1. The highest BCUT2D eigenvalue weighted by Gasteiger charge is 2.24. The quantitative estimate of drug-likeness (QED) is 0.922. The summed E-state index contributed by atoms with van der Waals surface area (Å²) in [5.41, 5.74) is 2.66. The van der Waals surface area contributed by atoms with Crippen LogP contribution in [0.2, 0.25) is 0 Å². The Hall–Kier alpha value is -1.26. The molecule has 1 aromatic carbocycles. The van der Waals surface area contributed by atoms with E-state index >= 15 is 0 Å². The third kappa shape index (κ3) is 3.33. The number of anilines is 2. The van der Waals surface area contributed by atoms with Gasteiger partial charge < -0.3 is 19.9 Å². The van der Waals surface area contributed by atoms with E-state index in [1.165, 1.54) is 17.8 Å². The Kier molecular flexibility index (Phi) is 4.66. The van der Waals surface area contributed by atoms with Gasteiger partial charge in [0.05, 0.1) is 13.2 Å². The fourth-order valence-electron chi connectivity index (χ4n) is 3.24. The second-order valence-electron chi connectivity index (χ2n) is 6.13. The summed E-state index contributed by atoms with van der Waals surface area (Å²) in [6.07, 6.45) is 1.19. The van der Waals surface area contributed by atoms with Gasteiger partial charge in [-0.1, -0.05) is 6.92 Å². The summed E-state index contributed by atoms with van der Waals surface area (Å²) in [7, 11) is 0. The van der Waals surface area contributed by atoms with Crippen LogP contribution in [-0.2, 0) is 4.74 Å². The van der Waals surface area contributed by atoms with Crippen LogP contribution >= 0.6 is 0 Å². The van der Waals surface area contributed by atoms with Crippen LogP contribution in [0.5, 0.6) is 0 Å². The first-order chi connectivity index (χ1) is 10.3. The van der Waals surface area contributed by atoms with Crippen molar-refractivity contribution in [2.24, 2.45) is 0 Å². The van der Waals surface area contributed by atoms with Gasteiger partial charge in [0.1, 0.15) is 0 Å². The van der Waals surface area contributed by atoms with E-state index in [1.54, 1.807) is 0 Å². The molecule has 0 aromatic heterocycles. The summed E-state index contributed by atoms with van der Waals surface area (Å²) >= 11 is 0. The van der Waals surface area contributed by atoms with Gasteiger partial charge in [0, 0.05) is 49.6 Å². The van der Waals surface area contributed by atoms with Crippen molar-refractivity contribution in [3.05, 3.63) is 24.3 Å². The average molecular weight is 289 g/mol. The van der Waals surface area contributed by atoms with Crippen molar-refractivity contribution < 1.29 is 4.74 Å². The van der Waals surface area contributed by atoms with Gasteiger partial charge in [-0.15, -0.1) is 0 Å². The molecule has 2 saturated heterocycles. The van der Waals surface area contributed by atoms with E-state index in [-0.39, 0.29) is 0 Å². The lowest BCUT2D eigenvalue weighted by molar-refractivity contribution is 0.122. The predicted octanol–water partition coefficient (Wildman–Crippen LogP) is 2.10. The zero-order valence-electron chi connectivity index (χ0n) is 13.2. The molecule has 3 rings (SSSR count). The van der Waals surface area contributed by atoms with E-state index in [1.807, 2.05) is 0 Å². The van der Waals surface area contributed by atoms with Gasteiger partial charge >= 0.3 is 0 Å². The number of ether oxygens (including phenoxy) is 1. The number of nitrogens with zero attached hydrogens (tertiary/aromatic N) is 2. The topological polar surface area (TPSA) is 27.7 Å². The van der Waals surface area contributed by atoms with Gasteiger partial charge in [-0.25, -0.2) is 0 Å². The van der Waals surface area contributed by atoms with Gasteiger partial charge in [-0.05, 0) is 37.6 Å². The van der Waals surface area contributed by atoms with E-state index in [4.69, 9.17) is 4.74 Å². The van der Waals surface area contributed by atoms with Crippen molar-refractivity contribution in [3.8, 4) is 0 Å². The Bertz CT molecular complexity index is 442. The maximum atomic E-state index is 5.42. The fourth-order valence-corrected chi connectivity index (χ4v) is 3.24. The summed E-state index contributed by atoms with van der Waals surface area (Å²) < 4.78 is 5.42. The minimum Gasteiger partial charge on any atom is -0.378 e. The maximum absolute atomic E-state index is 5.42. The molecule has 0 radical (unpaired) electrons. The maximum Gasteiger partial charge on any atom is 0.0642 e. The third-order valence-corrected chi connectivity index (χ3v) is 4.70. The normalized spacial score (nSPS) is 27.0. The zero-order chi connectivity index (χ0) is 14.7. The van der Waals surface area contributed by atoms with Gasteiger partial charge in [0.25, 0.3) is 0 Å². The highest BCUT2D eigenvalue weighted by atomic mass is 16.5. The molecule has 1 N–H and O–H groups in total. The van der Waals surface area contributed by atoms with E-state index in [0.717, 1.165) is 39.4 Å². The van der Waals surface area contributed by atoms with Gasteiger partial charge in [0.2, 0.25) is 0 Å². The number of benzene rings is 1. The second kappa shape index (κ2) is 6.67. The first-order valence-electron chi connectivity index (χ1n) is 8.20. The van der Waals surface area contributed by atoms with E-state index in [9.17, 15) is 0 Å². The molecule has 2 unspecified atom stereocenters. The number of rotatable bonds is 3. The molecular weight excluding hydrogens is 262 g/mol. The van der Waals surface area contributed by atoms with Crippen molar-refractivity contribution in [3.63, 3.8) is 0 Å². The van der Waals surface area contributed by atoms with Crippen LogP contribution in [0.1, 0.15) is 20.3 Å². The van der Waals surface area contributed by atoms with Crippen LogP contribution in [-0.4, -0.2) is 51.5 Å². The zero-order valence-corrected chi connectivity index (χ0v) is 13.2. The molecule has 21 heavy (non-hydrogen) atoms. The molecule has 0 saturated carbocycles. The minimum absolute atomic E-state index is 0.557. The van der Waals surface area contributed by atoms with Crippen molar-refractivity contribution >= 4 is 11.4 Å². The van der Waals surface area contributed by atoms with Crippen molar-refractivity contribution in [1.82, 2.24) is 5.32 Å². The summed E-state index contributed by atoms with van der Waals surface area (Å²) in [6, 6.07) is 10.2. The molecule has 116 valence electrons. The highest BCUT2D eigenvalue weighted by Crippen LogP contribution is 2.24. The van der Waals surface area contributed by atoms with Crippen LogP contribution in [0.4, 0.5) is 11.4 Å². The summed E-state index contributed by atoms with van der Waals surface area (Å²) in [5, 5.41) is 3.62. The number of nitrogens with one attached hydrogen (secondary N) is 1. The average Bonchev–Trinajstić information content (AvgIpc) is 2.56. The Morgan fingerprint density at radius 1 is 1.14 bits per heavy atom. The molecule has 2 fully saturated rings. The van der Waals surface area contributed by atoms with Gasteiger partial charge in [0.15, 0.2) is 0 Å². The molecule has 2 aliphatic rings. The molecule has 2 atom stereocenters. The smallest absolute Gasteiger partial charge is 0.0642 e. The molecule has 0 aliphatic carbocycles. The lowest BCUT2D eigenvalue weighted by Crippen LogP contribution is -2.55. The molecule has 2 aliphatic heterocycles. The number of hydrogen-bond acceptors (Lipinski definition) is 4. The largest absolute Gasteiger partial charge is 0.378 e. The molecule has 0 amide bonds. The second-order valence-corrected chi connectivity index (χ2v) is 6.13. The fraction of sp³-hybridized carbons (Fsp3) is 0.647. The standard InChI is InChI=1S/C17H27N3O/c1-3-15-13-20(14(2)12-18-15)17-6-4-16(5-7-17)19-8-10-21-11-9-19/h4-7,14-15,18H,3,8-13H2,1-2H3. The highest BCUT2D eigenvalue weighted by molar-refractivity contribution is 5.57. The van der Waals surface area contributed by atoms with Crippen LogP contribution in [0.3, 0.4) is 0 Å². The Balaban J connectivity index is 1.70. The third-order valence-electron chi connectivity index (χ3n) is 4.70. The molecule has 0 spiro atoms. The van der Waals surface area contributed by atoms with Crippen molar-refractivity contribution in [2.75, 3.05) is 49.2 Å². The molecule has 2 heterocycles. The lowest BCUT2D eigenvalue weighted by atomic mass is 10.1. The number of morpholine rings is 1. The van der Waals surface area contributed by atoms with Crippen LogP contribution in [0.15, 0.2) is 24.3 Å². The monoisotopic (exact) mass is 289 g/mol. The SMILES string of the molecule is CCC1CN(c2ccc(N3CCOCC3)cc2)C(C)CN1. The van der Waals surface area contributed by atoms with E-state index in [2.05, 4.69) is 53.2 Å². The van der Waals surface area contributed by atoms with E-state index < -0.39 is 0 Å². The molecular formula is C17H27N3O. The lowest BCUT2D eigenvalue weighted by Gasteiger charge is -2.40. The Morgan fingerprint density at radius 2 is 1.81 bits per heavy atom. The minimum atomic E-state index is 0.557. The van der Waals surface area contributed by atoms with Gasteiger partial charge in [-0.3, -0.25) is 0 Å². The first-order valence-corrected chi connectivity index (χ1v) is 8.20. The number of piperazine rings is 1. The first kappa shape index (κ1) is 14.7. The summed E-state index contributed by atoms with van der Waals surface area (Å²) in [4.78, 5) is 4.94. The van der Waals surface area contributed by atoms with E-state index in [0.29, 0.717) is 12.1 Å². The van der Waals surface area contributed by atoms with Crippen LogP contribution in [0, 0.1) is 0 Å². The molecule has 0 bridgehead atoms.